The van der Waals surface area contributed by atoms with Crippen molar-refractivity contribution in [2.45, 2.75) is 49.5 Å². The van der Waals surface area contributed by atoms with E-state index < -0.39 is 0 Å². The van der Waals surface area contributed by atoms with E-state index in [-0.39, 0.29) is 11.9 Å². The highest BCUT2D eigenvalue weighted by molar-refractivity contribution is 7.99. The van der Waals surface area contributed by atoms with E-state index in [1.807, 2.05) is 24.3 Å². The molecule has 1 aliphatic rings. The summed E-state index contributed by atoms with van der Waals surface area (Å²) in [6.07, 6.45) is 6.13. The van der Waals surface area contributed by atoms with E-state index in [1.165, 1.54) is 19.3 Å². The zero-order chi connectivity index (χ0) is 17.9. The second-order valence-corrected chi connectivity index (χ2v) is 7.74. The summed E-state index contributed by atoms with van der Waals surface area (Å²) >= 11 is 7.49. The van der Waals surface area contributed by atoms with Crippen LogP contribution in [0.3, 0.4) is 0 Å². The van der Waals surface area contributed by atoms with Crippen LogP contribution in [0.5, 0.6) is 0 Å². The van der Waals surface area contributed by atoms with Crippen molar-refractivity contribution < 1.29 is 9.59 Å². The second-order valence-electron chi connectivity index (χ2n) is 6.14. The third-order valence-corrected chi connectivity index (χ3v) is 5.34. The maximum atomic E-state index is 11.8. The van der Waals surface area contributed by atoms with E-state index in [2.05, 4.69) is 16.0 Å². The Morgan fingerprint density at radius 1 is 1.04 bits per heavy atom. The summed E-state index contributed by atoms with van der Waals surface area (Å²) < 4.78 is 0. The van der Waals surface area contributed by atoms with Crippen LogP contribution >= 0.6 is 23.4 Å². The summed E-state index contributed by atoms with van der Waals surface area (Å²) in [5.74, 6) is 0.794. The van der Waals surface area contributed by atoms with Gasteiger partial charge in [-0.2, -0.15) is 0 Å². The van der Waals surface area contributed by atoms with Gasteiger partial charge in [-0.3, -0.25) is 4.79 Å². The number of hydrogen-bond acceptors (Lipinski definition) is 3. The highest BCUT2D eigenvalue weighted by atomic mass is 35.5. The van der Waals surface area contributed by atoms with Crippen LogP contribution in [-0.4, -0.2) is 36.8 Å². The van der Waals surface area contributed by atoms with Gasteiger partial charge in [0.1, 0.15) is 0 Å². The molecule has 0 aliphatic heterocycles. The molecule has 3 amide bonds. The van der Waals surface area contributed by atoms with E-state index in [0.29, 0.717) is 25.6 Å². The molecule has 138 valence electrons. The molecule has 5 nitrogen and oxygen atoms in total. The molecule has 3 N–H and O–H groups in total. The fraction of sp³-hybridized carbons (Fsp3) is 0.556. The lowest BCUT2D eigenvalue weighted by Crippen LogP contribution is -2.40. The maximum Gasteiger partial charge on any atom is 0.314 e. The van der Waals surface area contributed by atoms with Gasteiger partial charge in [0, 0.05) is 41.2 Å². The molecule has 0 spiro atoms. The Hall–Kier alpha value is -1.40. The lowest BCUT2D eigenvalue weighted by Gasteiger charge is -2.22. The van der Waals surface area contributed by atoms with Gasteiger partial charge in [-0.15, -0.1) is 11.8 Å². The number of benzene rings is 1. The Labute approximate surface area is 158 Å². The SMILES string of the molecule is O=C(CCNC(=O)NCCSc1ccc(Cl)cc1)NC1CCCCC1. The van der Waals surface area contributed by atoms with Crippen LogP contribution in [0.4, 0.5) is 4.79 Å². The first-order chi connectivity index (χ1) is 12.1. The first-order valence-electron chi connectivity index (χ1n) is 8.83. The van der Waals surface area contributed by atoms with Gasteiger partial charge in [-0.1, -0.05) is 30.9 Å². The van der Waals surface area contributed by atoms with Crippen LogP contribution in [0.25, 0.3) is 0 Å². The van der Waals surface area contributed by atoms with Gasteiger partial charge in [0.25, 0.3) is 0 Å². The molecule has 1 aromatic rings. The van der Waals surface area contributed by atoms with Crippen molar-refractivity contribution in [2.24, 2.45) is 0 Å². The van der Waals surface area contributed by atoms with Crippen LogP contribution in [0.1, 0.15) is 38.5 Å². The Morgan fingerprint density at radius 3 is 2.44 bits per heavy atom. The molecule has 0 aromatic heterocycles. The smallest absolute Gasteiger partial charge is 0.314 e. The number of rotatable bonds is 8. The molecule has 1 saturated carbocycles. The van der Waals surface area contributed by atoms with Crippen LogP contribution < -0.4 is 16.0 Å². The van der Waals surface area contributed by atoms with Crippen LogP contribution in [0, 0.1) is 0 Å². The largest absolute Gasteiger partial charge is 0.353 e. The number of thioether (sulfide) groups is 1. The number of amides is 3. The van der Waals surface area contributed by atoms with Crippen molar-refractivity contribution in [1.82, 2.24) is 16.0 Å². The summed E-state index contributed by atoms with van der Waals surface area (Å²) in [6, 6.07) is 7.70. The quantitative estimate of drug-likeness (QED) is 0.474. The summed E-state index contributed by atoms with van der Waals surface area (Å²) in [7, 11) is 0. The standard InChI is InChI=1S/C18H26ClN3O2S/c19-14-6-8-16(9-7-14)25-13-12-21-18(24)20-11-10-17(23)22-15-4-2-1-3-5-15/h6-9,15H,1-5,10-13H2,(H,22,23)(H2,20,21,24). The van der Waals surface area contributed by atoms with Crippen LogP contribution in [0.2, 0.25) is 5.02 Å². The highest BCUT2D eigenvalue weighted by Gasteiger charge is 2.15. The minimum atomic E-state index is -0.234. The third kappa shape index (κ3) is 8.50. The van der Waals surface area contributed by atoms with E-state index in [1.54, 1.807) is 11.8 Å². The van der Waals surface area contributed by atoms with Crippen molar-refractivity contribution in [3.05, 3.63) is 29.3 Å². The average Bonchev–Trinajstić information content (AvgIpc) is 2.61. The summed E-state index contributed by atoms with van der Waals surface area (Å²) in [5.41, 5.74) is 0. The Morgan fingerprint density at radius 2 is 1.72 bits per heavy atom. The molecular weight excluding hydrogens is 358 g/mol. The first-order valence-corrected chi connectivity index (χ1v) is 10.2. The Kier molecular flexibility index (Phi) is 8.97. The molecule has 25 heavy (non-hydrogen) atoms. The summed E-state index contributed by atoms with van der Waals surface area (Å²) in [5, 5.41) is 9.27. The number of halogens is 1. The number of urea groups is 1. The first kappa shape index (κ1) is 19.9. The summed E-state index contributed by atoms with van der Waals surface area (Å²) in [6.45, 7) is 0.919. The van der Waals surface area contributed by atoms with Crippen LogP contribution in [0.15, 0.2) is 29.2 Å². The van der Waals surface area contributed by atoms with Crippen molar-refractivity contribution in [2.75, 3.05) is 18.8 Å². The molecule has 1 aliphatic carbocycles. The number of hydrogen-bond donors (Lipinski definition) is 3. The molecular formula is C18H26ClN3O2S. The minimum absolute atomic E-state index is 0.0190. The monoisotopic (exact) mass is 383 g/mol. The average molecular weight is 384 g/mol. The van der Waals surface area contributed by atoms with Gasteiger partial charge >= 0.3 is 6.03 Å². The molecule has 0 unspecified atom stereocenters. The Bertz CT molecular complexity index is 548. The van der Waals surface area contributed by atoms with Crippen molar-refractivity contribution in [1.29, 1.82) is 0 Å². The van der Waals surface area contributed by atoms with Gasteiger partial charge in [0.2, 0.25) is 5.91 Å². The van der Waals surface area contributed by atoms with Crippen LogP contribution in [-0.2, 0) is 4.79 Å². The molecule has 0 radical (unpaired) electrons. The van der Waals surface area contributed by atoms with Gasteiger partial charge < -0.3 is 16.0 Å². The molecule has 1 fully saturated rings. The van der Waals surface area contributed by atoms with Crippen molar-refractivity contribution in [3.8, 4) is 0 Å². The lowest BCUT2D eigenvalue weighted by molar-refractivity contribution is -0.121. The van der Waals surface area contributed by atoms with E-state index in [9.17, 15) is 9.59 Å². The fourth-order valence-corrected chi connectivity index (χ4v) is 3.66. The van der Waals surface area contributed by atoms with E-state index in [0.717, 1.165) is 28.5 Å². The normalized spacial score (nSPS) is 14.8. The van der Waals surface area contributed by atoms with Crippen molar-refractivity contribution >= 4 is 35.3 Å². The maximum absolute atomic E-state index is 11.8. The Balaban J connectivity index is 1.49. The van der Waals surface area contributed by atoms with E-state index in [4.69, 9.17) is 11.6 Å². The van der Waals surface area contributed by atoms with Crippen molar-refractivity contribution in [3.63, 3.8) is 0 Å². The fourth-order valence-electron chi connectivity index (χ4n) is 2.76. The van der Waals surface area contributed by atoms with Gasteiger partial charge in [0.05, 0.1) is 0 Å². The third-order valence-electron chi connectivity index (χ3n) is 4.08. The molecule has 0 saturated heterocycles. The zero-order valence-corrected chi connectivity index (χ0v) is 15.9. The molecule has 1 aromatic carbocycles. The predicted molar refractivity (Wildman–Crippen MR) is 103 cm³/mol. The van der Waals surface area contributed by atoms with Gasteiger partial charge in [-0.05, 0) is 37.1 Å². The topological polar surface area (TPSA) is 70.2 Å². The van der Waals surface area contributed by atoms with Gasteiger partial charge in [0.15, 0.2) is 0 Å². The second kappa shape index (κ2) is 11.3. The molecule has 0 atom stereocenters. The number of nitrogens with one attached hydrogen (secondary N) is 3. The molecule has 7 heteroatoms. The number of carbonyl (C=O) groups is 2. The molecule has 0 bridgehead atoms. The highest BCUT2D eigenvalue weighted by Crippen LogP contribution is 2.19. The lowest BCUT2D eigenvalue weighted by atomic mass is 9.95. The zero-order valence-electron chi connectivity index (χ0n) is 14.4. The van der Waals surface area contributed by atoms with Gasteiger partial charge in [-0.25, -0.2) is 4.79 Å². The molecule has 2 rings (SSSR count). The molecule has 0 heterocycles. The predicted octanol–water partition coefficient (Wildman–Crippen LogP) is 3.57. The van der Waals surface area contributed by atoms with E-state index >= 15 is 0 Å². The number of carbonyl (C=O) groups excluding carboxylic acids is 2. The summed E-state index contributed by atoms with van der Waals surface area (Å²) in [4.78, 5) is 24.6. The minimum Gasteiger partial charge on any atom is -0.353 e.